The van der Waals surface area contributed by atoms with Crippen molar-refractivity contribution in [3.8, 4) is 0 Å². The number of methoxy groups -OCH3 is 1. The number of aliphatic hydroxyl groups excluding tert-OH is 1. The summed E-state index contributed by atoms with van der Waals surface area (Å²) in [7, 11) is 1.34. The van der Waals surface area contributed by atoms with E-state index in [1.807, 2.05) is 34.9 Å². The Morgan fingerprint density at radius 2 is 1.97 bits per heavy atom. The Bertz CT molecular complexity index is 1440. The van der Waals surface area contributed by atoms with Gasteiger partial charge in [-0.25, -0.2) is 14.8 Å². The Hall–Kier alpha value is -4.18. The van der Waals surface area contributed by atoms with Gasteiger partial charge in [-0.15, -0.1) is 0 Å². The first-order valence-corrected chi connectivity index (χ1v) is 11.5. The van der Waals surface area contributed by atoms with E-state index in [9.17, 15) is 14.7 Å². The number of aromatic nitrogens is 4. The van der Waals surface area contributed by atoms with Crippen LogP contribution in [0.5, 0.6) is 0 Å². The number of carbonyl (C=O) groups is 2. The summed E-state index contributed by atoms with van der Waals surface area (Å²) >= 11 is 0. The van der Waals surface area contributed by atoms with Crippen LogP contribution in [0.1, 0.15) is 50.9 Å². The summed E-state index contributed by atoms with van der Waals surface area (Å²) in [5, 5.41) is 13.2. The fraction of sp³-hybridized carbons (Fsp3) is 0.280. The van der Waals surface area contributed by atoms with E-state index in [2.05, 4.69) is 15.3 Å². The zero-order valence-corrected chi connectivity index (χ0v) is 19.1. The number of esters is 1. The molecule has 0 radical (unpaired) electrons. The highest BCUT2D eigenvalue weighted by atomic mass is 16.5. The van der Waals surface area contributed by atoms with Gasteiger partial charge in [-0.05, 0) is 36.6 Å². The van der Waals surface area contributed by atoms with Crippen molar-refractivity contribution in [1.29, 1.82) is 0 Å². The summed E-state index contributed by atoms with van der Waals surface area (Å²) in [5.41, 5.74) is 3.32. The number of amides is 1. The van der Waals surface area contributed by atoms with Crippen molar-refractivity contribution >= 4 is 28.7 Å². The van der Waals surface area contributed by atoms with E-state index in [1.54, 1.807) is 23.1 Å². The second-order valence-corrected chi connectivity index (χ2v) is 8.84. The van der Waals surface area contributed by atoms with Gasteiger partial charge in [0.15, 0.2) is 11.5 Å². The third-order valence-corrected chi connectivity index (χ3v) is 6.41. The first-order chi connectivity index (χ1) is 17.0. The normalized spacial score (nSPS) is 17.4. The SMILES string of the molecule is COC(=O)c1ccc2nc(Cc3nc4c(n3Cc3ccccc3)C(=O)NC(O)N4C3CC3)[nH]c2c1. The minimum absolute atomic E-state index is 0.153. The van der Waals surface area contributed by atoms with Gasteiger partial charge in [0.1, 0.15) is 11.6 Å². The number of nitrogens with one attached hydrogen (secondary N) is 2. The van der Waals surface area contributed by atoms with Crippen molar-refractivity contribution in [1.82, 2.24) is 24.8 Å². The van der Waals surface area contributed by atoms with Crippen molar-refractivity contribution in [2.45, 2.75) is 38.2 Å². The molecule has 10 nitrogen and oxygen atoms in total. The molecule has 1 unspecified atom stereocenters. The summed E-state index contributed by atoms with van der Waals surface area (Å²) in [6.45, 7) is 0.452. The number of ether oxygens (including phenoxy) is 1. The van der Waals surface area contributed by atoms with Crippen LogP contribution < -0.4 is 10.2 Å². The molecule has 3 heterocycles. The monoisotopic (exact) mass is 472 g/mol. The number of hydrogen-bond acceptors (Lipinski definition) is 7. The number of fused-ring (bicyclic) bond motifs is 2. The van der Waals surface area contributed by atoms with E-state index in [0.717, 1.165) is 18.4 Å². The lowest BCUT2D eigenvalue weighted by atomic mass is 10.2. The molecule has 2 aliphatic rings. The molecule has 6 rings (SSSR count). The van der Waals surface area contributed by atoms with Crippen LogP contribution in [0, 0.1) is 0 Å². The second-order valence-electron chi connectivity index (χ2n) is 8.84. The maximum absolute atomic E-state index is 13.0. The molecule has 10 heteroatoms. The Morgan fingerprint density at radius 1 is 1.17 bits per heavy atom. The fourth-order valence-corrected chi connectivity index (χ4v) is 4.60. The predicted molar refractivity (Wildman–Crippen MR) is 127 cm³/mol. The van der Waals surface area contributed by atoms with Crippen LogP contribution in [-0.2, 0) is 17.7 Å². The topological polar surface area (TPSA) is 125 Å². The van der Waals surface area contributed by atoms with Crippen LogP contribution in [0.3, 0.4) is 0 Å². The molecule has 1 amide bonds. The third kappa shape index (κ3) is 3.81. The zero-order chi connectivity index (χ0) is 24.1. The lowest BCUT2D eigenvalue weighted by molar-refractivity contribution is 0.0600. The van der Waals surface area contributed by atoms with Crippen molar-refractivity contribution < 1.29 is 19.4 Å². The van der Waals surface area contributed by atoms with E-state index in [4.69, 9.17) is 9.72 Å². The van der Waals surface area contributed by atoms with Crippen LogP contribution in [0.15, 0.2) is 48.5 Å². The van der Waals surface area contributed by atoms with E-state index in [-0.39, 0.29) is 11.9 Å². The number of aliphatic hydroxyl groups is 1. The van der Waals surface area contributed by atoms with Crippen LogP contribution in [-0.4, -0.2) is 56.0 Å². The van der Waals surface area contributed by atoms with Gasteiger partial charge in [0.05, 0.1) is 30.1 Å². The summed E-state index contributed by atoms with van der Waals surface area (Å²) in [4.78, 5) is 39.5. The maximum Gasteiger partial charge on any atom is 0.337 e. The van der Waals surface area contributed by atoms with Gasteiger partial charge in [-0.3, -0.25) is 4.79 Å². The molecule has 1 aliphatic heterocycles. The van der Waals surface area contributed by atoms with Crippen LogP contribution >= 0.6 is 0 Å². The van der Waals surface area contributed by atoms with Crippen LogP contribution in [0.25, 0.3) is 11.0 Å². The van der Waals surface area contributed by atoms with Crippen molar-refractivity contribution in [2.75, 3.05) is 12.0 Å². The van der Waals surface area contributed by atoms with E-state index in [1.165, 1.54) is 7.11 Å². The van der Waals surface area contributed by atoms with Gasteiger partial charge in [-0.1, -0.05) is 30.3 Å². The highest BCUT2D eigenvalue weighted by Crippen LogP contribution is 2.37. The highest BCUT2D eigenvalue weighted by Gasteiger charge is 2.43. The number of rotatable bonds is 6. The number of imidazole rings is 2. The fourth-order valence-electron chi connectivity index (χ4n) is 4.60. The number of H-pyrrole nitrogens is 1. The molecule has 4 aromatic rings. The summed E-state index contributed by atoms with van der Waals surface area (Å²) in [5.74, 6) is 1.03. The Kier molecular flexibility index (Phi) is 5.03. The average molecular weight is 473 g/mol. The number of hydrogen-bond donors (Lipinski definition) is 3. The zero-order valence-electron chi connectivity index (χ0n) is 19.1. The van der Waals surface area contributed by atoms with Gasteiger partial charge in [0, 0.05) is 12.6 Å². The molecule has 0 spiro atoms. The Labute approximate surface area is 200 Å². The molecule has 2 aromatic heterocycles. The maximum atomic E-state index is 13.0. The predicted octanol–water partition coefficient (Wildman–Crippen LogP) is 2.17. The largest absolute Gasteiger partial charge is 0.465 e. The number of aromatic amines is 1. The molecular formula is C25H24N6O4. The summed E-state index contributed by atoms with van der Waals surface area (Å²) in [6, 6.07) is 15.2. The first kappa shape index (κ1) is 21.4. The smallest absolute Gasteiger partial charge is 0.337 e. The lowest BCUT2D eigenvalue weighted by Crippen LogP contribution is -2.54. The van der Waals surface area contributed by atoms with Gasteiger partial charge < -0.3 is 29.6 Å². The molecule has 1 atom stereocenters. The number of carbonyl (C=O) groups excluding carboxylic acids is 2. The molecule has 1 fully saturated rings. The van der Waals surface area contributed by atoms with E-state index >= 15 is 0 Å². The summed E-state index contributed by atoms with van der Waals surface area (Å²) in [6.07, 6.45) is 1.13. The van der Waals surface area contributed by atoms with E-state index in [0.29, 0.717) is 52.7 Å². The van der Waals surface area contributed by atoms with Crippen molar-refractivity contribution in [3.63, 3.8) is 0 Å². The van der Waals surface area contributed by atoms with Gasteiger partial charge in [0.2, 0.25) is 6.35 Å². The molecule has 0 bridgehead atoms. The Balaban J connectivity index is 1.42. The lowest BCUT2D eigenvalue weighted by Gasteiger charge is -2.33. The van der Waals surface area contributed by atoms with Gasteiger partial charge >= 0.3 is 5.97 Å². The number of benzene rings is 2. The molecule has 0 saturated heterocycles. The van der Waals surface area contributed by atoms with Crippen LogP contribution in [0.4, 0.5) is 5.82 Å². The van der Waals surface area contributed by atoms with E-state index < -0.39 is 12.3 Å². The standard InChI is InChI=1S/C25H24N6O4/c1-35-24(33)15-7-10-17-18(11-15)27-19(26-17)12-20-28-22-21(30(20)13-14-5-3-2-4-6-14)23(32)29-25(34)31(22)16-8-9-16/h2-7,10-11,16,25,34H,8-9,12-13H2,1H3,(H,26,27)(H,29,32). The van der Waals surface area contributed by atoms with Crippen molar-refractivity contribution in [2.24, 2.45) is 0 Å². The van der Waals surface area contributed by atoms with Crippen LogP contribution in [0.2, 0.25) is 0 Å². The van der Waals surface area contributed by atoms with Gasteiger partial charge in [0.25, 0.3) is 5.91 Å². The molecule has 1 saturated carbocycles. The minimum atomic E-state index is -1.10. The molecule has 1 aliphatic carbocycles. The first-order valence-electron chi connectivity index (χ1n) is 11.5. The second kappa shape index (κ2) is 8.24. The highest BCUT2D eigenvalue weighted by molar-refractivity contribution is 6.00. The average Bonchev–Trinajstić information content (AvgIpc) is 3.51. The van der Waals surface area contributed by atoms with Crippen molar-refractivity contribution in [3.05, 3.63) is 77.0 Å². The minimum Gasteiger partial charge on any atom is -0.465 e. The number of anilines is 1. The van der Waals surface area contributed by atoms with Gasteiger partial charge in [-0.2, -0.15) is 0 Å². The Morgan fingerprint density at radius 3 is 2.71 bits per heavy atom. The quantitative estimate of drug-likeness (QED) is 0.367. The number of nitrogens with zero attached hydrogens (tertiary/aromatic N) is 4. The molecule has 35 heavy (non-hydrogen) atoms. The molecular weight excluding hydrogens is 448 g/mol. The molecule has 178 valence electrons. The molecule has 3 N–H and O–H groups in total. The molecule has 2 aromatic carbocycles. The summed E-state index contributed by atoms with van der Waals surface area (Å²) < 4.78 is 6.71. The third-order valence-electron chi connectivity index (χ3n) is 6.41.